The van der Waals surface area contributed by atoms with E-state index in [1.54, 1.807) is 30.6 Å². The molecule has 4 rings (SSSR count). The number of aromatic nitrogens is 2. The number of aliphatic hydroxyl groups excluding tert-OH is 1. The smallest absolute Gasteiger partial charge is 0.410 e. The van der Waals surface area contributed by atoms with Gasteiger partial charge in [0.2, 0.25) is 5.28 Å². The van der Waals surface area contributed by atoms with Gasteiger partial charge < -0.3 is 19.6 Å². The first-order chi connectivity index (χ1) is 14.0. The van der Waals surface area contributed by atoms with Gasteiger partial charge in [0.15, 0.2) is 5.82 Å². The Balaban J connectivity index is 1.76. The Labute approximate surface area is 185 Å². The fourth-order valence-electron chi connectivity index (χ4n) is 4.28. The minimum absolute atomic E-state index is 0.0778. The number of likely N-dealkylation sites (tertiary alicyclic amines) is 1. The maximum atomic E-state index is 14.8. The number of piperazine rings is 1. The average molecular weight is 506 g/mol. The van der Waals surface area contributed by atoms with Crippen LogP contribution in [0.5, 0.6) is 0 Å². The Kier molecular flexibility index (Phi) is 5.31. The van der Waals surface area contributed by atoms with Crippen molar-refractivity contribution in [3.63, 3.8) is 0 Å². The predicted octanol–water partition coefficient (Wildman–Crippen LogP) is 3.88. The molecule has 2 aliphatic heterocycles. The van der Waals surface area contributed by atoms with Crippen molar-refractivity contribution in [2.75, 3.05) is 18.1 Å². The summed E-state index contributed by atoms with van der Waals surface area (Å²) in [4.78, 5) is 23.9. The summed E-state index contributed by atoms with van der Waals surface area (Å²) in [6.07, 6.45) is 0.0636. The summed E-state index contributed by atoms with van der Waals surface area (Å²) in [5, 5.41) is 9.73. The highest BCUT2D eigenvalue weighted by molar-refractivity contribution is 9.10. The number of hydrogen-bond acceptors (Lipinski definition) is 6. The summed E-state index contributed by atoms with van der Waals surface area (Å²) >= 11 is 9.00. The number of carbonyl (C=O) groups is 1. The molecule has 1 N–H and O–H groups in total. The number of halogens is 4. The Morgan fingerprint density at radius 3 is 2.73 bits per heavy atom. The van der Waals surface area contributed by atoms with Crippen LogP contribution in [0.15, 0.2) is 10.5 Å². The van der Waals surface area contributed by atoms with Crippen LogP contribution < -0.4 is 4.90 Å². The van der Waals surface area contributed by atoms with Crippen molar-refractivity contribution < 1.29 is 23.4 Å². The van der Waals surface area contributed by atoms with E-state index in [0.717, 1.165) is 6.07 Å². The first-order valence-corrected chi connectivity index (χ1v) is 10.6. The zero-order chi connectivity index (χ0) is 22.0. The van der Waals surface area contributed by atoms with Gasteiger partial charge in [-0.1, -0.05) is 0 Å². The predicted molar refractivity (Wildman–Crippen MR) is 111 cm³/mol. The summed E-state index contributed by atoms with van der Waals surface area (Å²) in [5.74, 6) is -1.37. The number of aliphatic hydroxyl groups is 1. The van der Waals surface area contributed by atoms with Gasteiger partial charge >= 0.3 is 6.09 Å². The van der Waals surface area contributed by atoms with Crippen LogP contribution in [-0.4, -0.2) is 62.9 Å². The van der Waals surface area contributed by atoms with Gasteiger partial charge in [-0.2, -0.15) is 4.98 Å². The fourth-order valence-corrected chi connectivity index (χ4v) is 4.84. The van der Waals surface area contributed by atoms with E-state index < -0.39 is 29.4 Å². The quantitative estimate of drug-likeness (QED) is 0.493. The molecule has 11 heteroatoms. The third kappa shape index (κ3) is 3.48. The lowest BCUT2D eigenvalue weighted by molar-refractivity contribution is 0.0162. The lowest BCUT2D eigenvalue weighted by Gasteiger charge is -2.41. The average Bonchev–Trinajstić information content (AvgIpc) is 3.22. The SMILES string of the molecule is CC(C)(C)OC(=O)N1C[C@H]2C[C@@H]1[C@H](CO)N2c1nc(Cl)nc2c(F)c(Br)cc(F)c12. The highest BCUT2D eigenvalue weighted by Gasteiger charge is 2.53. The molecule has 0 saturated carbocycles. The zero-order valence-electron chi connectivity index (χ0n) is 16.5. The standard InChI is InChI=1S/C19H20BrClF2N4O3/c1-19(2,3)30-18(29)26-6-8-4-11(26)12(7-28)27(8)16-13-10(22)5-9(20)14(23)15(13)24-17(21)25-16/h5,8,11-12,28H,4,6-7H2,1-3H3/t8-,11-,12+/m1/s1. The normalized spacial score (nSPS) is 23.5. The van der Waals surface area contributed by atoms with E-state index in [1.807, 2.05) is 0 Å². The number of hydrogen-bond donors (Lipinski definition) is 1. The molecule has 0 aliphatic carbocycles. The van der Waals surface area contributed by atoms with E-state index in [4.69, 9.17) is 16.3 Å². The maximum Gasteiger partial charge on any atom is 0.410 e. The molecular formula is C19H20BrClF2N4O3. The van der Waals surface area contributed by atoms with Gasteiger partial charge in [-0.05, 0) is 60.8 Å². The summed E-state index contributed by atoms with van der Waals surface area (Å²) in [7, 11) is 0. The summed E-state index contributed by atoms with van der Waals surface area (Å²) in [6, 6.07) is -0.188. The molecule has 2 aromatic rings. The number of benzene rings is 1. The zero-order valence-corrected chi connectivity index (χ0v) is 18.8. The van der Waals surface area contributed by atoms with Crippen LogP contribution in [0.25, 0.3) is 10.9 Å². The van der Waals surface area contributed by atoms with E-state index in [2.05, 4.69) is 25.9 Å². The molecule has 2 bridgehead atoms. The van der Waals surface area contributed by atoms with Crippen LogP contribution in [0.4, 0.5) is 19.4 Å². The van der Waals surface area contributed by atoms with Gasteiger partial charge in [-0.25, -0.2) is 18.6 Å². The first-order valence-electron chi connectivity index (χ1n) is 9.41. The number of amides is 1. The van der Waals surface area contributed by atoms with Gasteiger partial charge in [0.1, 0.15) is 22.8 Å². The topological polar surface area (TPSA) is 78.8 Å². The second kappa shape index (κ2) is 7.42. The van der Waals surface area contributed by atoms with Crippen molar-refractivity contribution in [2.24, 2.45) is 0 Å². The number of anilines is 1. The highest BCUT2D eigenvalue weighted by atomic mass is 79.9. The van der Waals surface area contributed by atoms with E-state index in [9.17, 15) is 18.7 Å². The van der Waals surface area contributed by atoms with Crippen LogP contribution in [-0.2, 0) is 4.74 Å². The van der Waals surface area contributed by atoms with Crippen molar-refractivity contribution in [3.8, 4) is 0 Å². The maximum absolute atomic E-state index is 14.8. The number of ether oxygens (including phenoxy) is 1. The molecule has 0 spiro atoms. The molecule has 1 amide bonds. The minimum atomic E-state index is -0.753. The van der Waals surface area contributed by atoms with E-state index >= 15 is 0 Å². The van der Waals surface area contributed by atoms with Crippen LogP contribution in [0.1, 0.15) is 27.2 Å². The molecule has 3 atom stereocenters. The summed E-state index contributed by atoms with van der Waals surface area (Å²) in [5.41, 5.74) is -0.905. The van der Waals surface area contributed by atoms with Gasteiger partial charge in [0.25, 0.3) is 0 Å². The Morgan fingerprint density at radius 1 is 1.40 bits per heavy atom. The Morgan fingerprint density at radius 2 is 2.10 bits per heavy atom. The molecule has 1 aromatic carbocycles. The summed E-state index contributed by atoms with van der Waals surface area (Å²) in [6.45, 7) is 5.32. The molecule has 2 aliphatic rings. The molecule has 7 nitrogen and oxygen atoms in total. The second-order valence-electron chi connectivity index (χ2n) is 8.44. The first kappa shape index (κ1) is 21.5. The van der Waals surface area contributed by atoms with Gasteiger partial charge in [-0.3, -0.25) is 0 Å². The number of nitrogens with zero attached hydrogens (tertiary/aromatic N) is 4. The molecule has 1 aromatic heterocycles. The third-order valence-electron chi connectivity index (χ3n) is 5.35. The third-order valence-corrected chi connectivity index (χ3v) is 6.09. The van der Waals surface area contributed by atoms with Crippen molar-refractivity contribution in [1.82, 2.24) is 14.9 Å². The summed E-state index contributed by atoms with van der Waals surface area (Å²) < 4.78 is 34.9. The van der Waals surface area contributed by atoms with Crippen molar-refractivity contribution in [1.29, 1.82) is 0 Å². The van der Waals surface area contributed by atoms with Crippen LogP contribution in [0.2, 0.25) is 5.28 Å². The Bertz CT molecular complexity index is 1040. The monoisotopic (exact) mass is 504 g/mol. The number of rotatable bonds is 2. The number of carbonyl (C=O) groups excluding carboxylic acids is 1. The molecule has 162 valence electrons. The minimum Gasteiger partial charge on any atom is -0.444 e. The van der Waals surface area contributed by atoms with E-state index in [-0.39, 0.29) is 45.2 Å². The number of fused-ring (bicyclic) bond motifs is 3. The van der Waals surface area contributed by atoms with E-state index in [1.165, 1.54) is 0 Å². The molecule has 0 radical (unpaired) electrons. The van der Waals surface area contributed by atoms with Gasteiger partial charge in [0, 0.05) is 6.54 Å². The lowest BCUT2D eigenvalue weighted by atomic mass is 10.1. The largest absolute Gasteiger partial charge is 0.444 e. The fraction of sp³-hybridized carbons (Fsp3) is 0.526. The van der Waals surface area contributed by atoms with Crippen LogP contribution in [0, 0.1) is 11.6 Å². The van der Waals surface area contributed by atoms with Crippen LogP contribution in [0.3, 0.4) is 0 Å². The Hall–Kier alpha value is -1.78. The van der Waals surface area contributed by atoms with Crippen molar-refractivity contribution in [2.45, 2.75) is 50.9 Å². The molecule has 2 saturated heterocycles. The van der Waals surface area contributed by atoms with Crippen molar-refractivity contribution >= 4 is 50.3 Å². The molecule has 30 heavy (non-hydrogen) atoms. The van der Waals surface area contributed by atoms with Crippen molar-refractivity contribution in [3.05, 3.63) is 27.5 Å². The van der Waals surface area contributed by atoms with Gasteiger partial charge in [-0.15, -0.1) is 0 Å². The highest BCUT2D eigenvalue weighted by Crippen LogP contribution is 2.43. The molecule has 2 fully saturated rings. The molecule has 3 heterocycles. The van der Waals surface area contributed by atoms with E-state index in [0.29, 0.717) is 13.0 Å². The van der Waals surface area contributed by atoms with Gasteiger partial charge in [0.05, 0.1) is 34.6 Å². The van der Waals surface area contributed by atoms with Crippen LogP contribution >= 0.6 is 27.5 Å². The molecule has 0 unspecified atom stereocenters. The molecular weight excluding hydrogens is 486 g/mol. The lowest BCUT2D eigenvalue weighted by Crippen LogP contribution is -2.57. The second-order valence-corrected chi connectivity index (χ2v) is 9.63.